The lowest BCUT2D eigenvalue weighted by atomic mass is 10.2. The van der Waals surface area contributed by atoms with Crippen molar-refractivity contribution in [2.24, 2.45) is 0 Å². The molecular formula is C13H15N3O2. The Labute approximate surface area is 106 Å². The highest BCUT2D eigenvalue weighted by Gasteiger charge is 2.12. The molecule has 5 nitrogen and oxygen atoms in total. The fourth-order valence-corrected chi connectivity index (χ4v) is 1.55. The molecule has 1 aromatic heterocycles. The van der Waals surface area contributed by atoms with E-state index < -0.39 is 0 Å². The standard InChI is InChI=1S/C13H15N3O2/c1-14-12-11(17-2)13(16-9-15-12)18-8-10-6-4-3-5-7-10/h3-7,9H,8H2,1-2H3,(H,14,15,16). The number of anilines is 1. The van der Waals surface area contributed by atoms with E-state index >= 15 is 0 Å². The van der Waals surface area contributed by atoms with Gasteiger partial charge < -0.3 is 14.8 Å². The zero-order valence-electron chi connectivity index (χ0n) is 10.4. The van der Waals surface area contributed by atoms with E-state index in [4.69, 9.17) is 9.47 Å². The zero-order chi connectivity index (χ0) is 12.8. The Morgan fingerprint density at radius 3 is 2.61 bits per heavy atom. The van der Waals surface area contributed by atoms with Crippen LogP contribution in [-0.4, -0.2) is 24.1 Å². The number of ether oxygens (including phenoxy) is 2. The Hall–Kier alpha value is -2.30. The van der Waals surface area contributed by atoms with Crippen LogP contribution in [0.15, 0.2) is 36.7 Å². The van der Waals surface area contributed by atoms with Crippen LogP contribution in [0.5, 0.6) is 11.6 Å². The molecule has 1 N–H and O–H groups in total. The summed E-state index contributed by atoms with van der Waals surface area (Å²) in [6, 6.07) is 9.89. The Bertz CT molecular complexity index is 503. The minimum atomic E-state index is 0.431. The lowest BCUT2D eigenvalue weighted by Gasteiger charge is -2.11. The summed E-state index contributed by atoms with van der Waals surface area (Å²) in [6.07, 6.45) is 1.44. The van der Waals surface area contributed by atoms with Gasteiger partial charge in [0.05, 0.1) is 7.11 Å². The minimum Gasteiger partial charge on any atom is -0.489 e. The number of rotatable bonds is 5. The molecule has 0 unspecified atom stereocenters. The summed E-state index contributed by atoms with van der Waals surface area (Å²) in [4.78, 5) is 8.13. The molecule has 0 fully saturated rings. The van der Waals surface area contributed by atoms with Crippen LogP contribution in [0.3, 0.4) is 0 Å². The quantitative estimate of drug-likeness (QED) is 0.874. The largest absolute Gasteiger partial charge is 0.489 e. The average molecular weight is 245 g/mol. The third kappa shape index (κ3) is 2.68. The SMILES string of the molecule is CNc1ncnc(OCc2ccccc2)c1OC. The topological polar surface area (TPSA) is 56.3 Å². The molecule has 0 spiro atoms. The van der Waals surface area contributed by atoms with Gasteiger partial charge in [-0.25, -0.2) is 4.98 Å². The number of methoxy groups -OCH3 is 1. The van der Waals surface area contributed by atoms with Crippen LogP contribution in [0, 0.1) is 0 Å². The Morgan fingerprint density at radius 1 is 1.17 bits per heavy atom. The highest BCUT2D eigenvalue weighted by atomic mass is 16.5. The van der Waals surface area contributed by atoms with Crippen molar-refractivity contribution >= 4 is 5.82 Å². The van der Waals surface area contributed by atoms with E-state index in [0.717, 1.165) is 5.56 Å². The van der Waals surface area contributed by atoms with Gasteiger partial charge >= 0.3 is 0 Å². The lowest BCUT2D eigenvalue weighted by molar-refractivity contribution is 0.272. The number of nitrogens with zero attached hydrogens (tertiary/aromatic N) is 2. The number of hydrogen-bond acceptors (Lipinski definition) is 5. The van der Waals surface area contributed by atoms with Gasteiger partial charge in [-0.15, -0.1) is 0 Å². The van der Waals surface area contributed by atoms with Crippen LogP contribution in [0.1, 0.15) is 5.56 Å². The van der Waals surface area contributed by atoms with Crippen LogP contribution in [0.2, 0.25) is 0 Å². The van der Waals surface area contributed by atoms with Gasteiger partial charge in [0.15, 0.2) is 5.82 Å². The second-order valence-corrected chi connectivity index (χ2v) is 3.58. The van der Waals surface area contributed by atoms with E-state index in [-0.39, 0.29) is 0 Å². The van der Waals surface area contributed by atoms with Crippen LogP contribution < -0.4 is 14.8 Å². The summed E-state index contributed by atoms with van der Waals surface area (Å²) in [6.45, 7) is 0.442. The number of hydrogen-bond donors (Lipinski definition) is 1. The molecule has 2 rings (SSSR count). The van der Waals surface area contributed by atoms with Crippen molar-refractivity contribution < 1.29 is 9.47 Å². The molecule has 0 radical (unpaired) electrons. The molecular weight excluding hydrogens is 230 g/mol. The van der Waals surface area contributed by atoms with Crippen LogP contribution >= 0.6 is 0 Å². The van der Waals surface area contributed by atoms with E-state index in [1.165, 1.54) is 6.33 Å². The highest BCUT2D eigenvalue weighted by molar-refractivity contribution is 5.54. The van der Waals surface area contributed by atoms with E-state index in [1.54, 1.807) is 14.2 Å². The second-order valence-electron chi connectivity index (χ2n) is 3.58. The molecule has 94 valence electrons. The minimum absolute atomic E-state index is 0.431. The maximum absolute atomic E-state index is 5.64. The number of aromatic nitrogens is 2. The van der Waals surface area contributed by atoms with Crippen molar-refractivity contribution in [1.29, 1.82) is 0 Å². The first-order chi connectivity index (χ1) is 8.85. The molecule has 1 aromatic carbocycles. The first-order valence-electron chi connectivity index (χ1n) is 5.58. The molecule has 1 heterocycles. The summed E-state index contributed by atoms with van der Waals surface area (Å²) >= 11 is 0. The third-order valence-corrected chi connectivity index (χ3v) is 2.43. The van der Waals surface area contributed by atoms with Gasteiger partial charge in [0.1, 0.15) is 12.9 Å². The van der Waals surface area contributed by atoms with E-state index in [9.17, 15) is 0 Å². The maximum atomic E-state index is 5.64. The summed E-state index contributed by atoms with van der Waals surface area (Å²) in [7, 11) is 3.33. The van der Waals surface area contributed by atoms with Crippen LogP contribution in [-0.2, 0) is 6.61 Å². The van der Waals surface area contributed by atoms with Crippen molar-refractivity contribution in [2.45, 2.75) is 6.61 Å². The summed E-state index contributed by atoms with van der Waals surface area (Å²) in [5.41, 5.74) is 1.07. The van der Waals surface area contributed by atoms with Gasteiger partial charge in [0.25, 0.3) is 5.88 Å². The molecule has 0 atom stereocenters. The Balaban J connectivity index is 2.14. The highest BCUT2D eigenvalue weighted by Crippen LogP contribution is 2.30. The Kier molecular flexibility index (Phi) is 3.96. The predicted octanol–water partition coefficient (Wildman–Crippen LogP) is 2.11. The van der Waals surface area contributed by atoms with Crippen LogP contribution in [0.4, 0.5) is 5.82 Å². The van der Waals surface area contributed by atoms with E-state index in [2.05, 4.69) is 15.3 Å². The molecule has 5 heteroatoms. The molecule has 0 bridgehead atoms. The van der Waals surface area contributed by atoms with Crippen molar-refractivity contribution in [3.8, 4) is 11.6 Å². The van der Waals surface area contributed by atoms with Gasteiger partial charge in [0.2, 0.25) is 5.75 Å². The first-order valence-corrected chi connectivity index (χ1v) is 5.58. The van der Waals surface area contributed by atoms with Crippen LogP contribution in [0.25, 0.3) is 0 Å². The van der Waals surface area contributed by atoms with E-state index in [0.29, 0.717) is 24.1 Å². The summed E-state index contributed by atoms with van der Waals surface area (Å²) in [5, 5.41) is 2.93. The molecule has 0 amide bonds. The van der Waals surface area contributed by atoms with E-state index in [1.807, 2.05) is 30.3 Å². The lowest BCUT2D eigenvalue weighted by Crippen LogP contribution is -2.03. The molecule has 2 aromatic rings. The summed E-state index contributed by atoms with van der Waals surface area (Å²) < 4.78 is 10.9. The zero-order valence-corrected chi connectivity index (χ0v) is 10.4. The van der Waals surface area contributed by atoms with Crippen molar-refractivity contribution in [3.05, 3.63) is 42.2 Å². The molecule has 18 heavy (non-hydrogen) atoms. The third-order valence-electron chi connectivity index (χ3n) is 2.43. The van der Waals surface area contributed by atoms with Gasteiger partial charge in [-0.1, -0.05) is 30.3 Å². The molecule has 0 saturated carbocycles. The number of benzene rings is 1. The normalized spacial score (nSPS) is 9.89. The van der Waals surface area contributed by atoms with Crippen molar-refractivity contribution in [1.82, 2.24) is 9.97 Å². The maximum Gasteiger partial charge on any atom is 0.262 e. The van der Waals surface area contributed by atoms with Crippen molar-refractivity contribution in [2.75, 3.05) is 19.5 Å². The fourth-order valence-electron chi connectivity index (χ4n) is 1.55. The predicted molar refractivity (Wildman–Crippen MR) is 68.9 cm³/mol. The Morgan fingerprint density at radius 2 is 1.94 bits per heavy atom. The number of nitrogens with one attached hydrogen (secondary N) is 1. The molecule has 0 aliphatic heterocycles. The van der Waals surface area contributed by atoms with Gasteiger partial charge in [-0.05, 0) is 5.56 Å². The fraction of sp³-hybridized carbons (Fsp3) is 0.231. The smallest absolute Gasteiger partial charge is 0.262 e. The van der Waals surface area contributed by atoms with Gasteiger partial charge in [-0.2, -0.15) is 4.98 Å². The summed E-state index contributed by atoms with van der Waals surface area (Å²) in [5.74, 6) is 1.55. The second kappa shape index (κ2) is 5.86. The molecule has 0 saturated heterocycles. The van der Waals surface area contributed by atoms with Gasteiger partial charge in [0, 0.05) is 7.05 Å². The first kappa shape index (κ1) is 12.2. The average Bonchev–Trinajstić information content (AvgIpc) is 2.45. The monoisotopic (exact) mass is 245 g/mol. The van der Waals surface area contributed by atoms with Crippen molar-refractivity contribution in [3.63, 3.8) is 0 Å². The molecule has 0 aliphatic carbocycles. The van der Waals surface area contributed by atoms with Gasteiger partial charge in [-0.3, -0.25) is 0 Å². The molecule has 0 aliphatic rings.